The zero-order valence-electron chi connectivity index (χ0n) is 10.5. The monoisotopic (exact) mass is 236 g/mol. The number of esters is 1. The third kappa shape index (κ3) is 5.50. The predicted octanol–water partition coefficient (Wildman–Crippen LogP) is 2.59. The molecule has 3 nitrogen and oxygen atoms in total. The highest BCUT2D eigenvalue weighted by atomic mass is 16.6. The van der Waals surface area contributed by atoms with Crippen LogP contribution < -0.4 is 0 Å². The van der Waals surface area contributed by atoms with E-state index in [-0.39, 0.29) is 5.97 Å². The number of benzene rings is 1. The van der Waals surface area contributed by atoms with E-state index in [1.165, 1.54) is 5.56 Å². The largest absolute Gasteiger partial charge is 0.464 e. The van der Waals surface area contributed by atoms with Crippen molar-refractivity contribution in [2.24, 2.45) is 0 Å². The number of aryl methyl sites for hydroxylation is 1. The van der Waals surface area contributed by atoms with Crippen molar-refractivity contribution in [2.45, 2.75) is 32.8 Å². The smallest absolute Gasteiger partial charge is 0.334 e. The van der Waals surface area contributed by atoms with Crippen LogP contribution in [0.5, 0.6) is 0 Å². The maximum atomic E-state index is 11.3. The Hall–Kier alpha value is -1.35. The summed E-state index contributed by atoms with van der Waals surface area (Å²) in [4.78, 5) is 11.3. The van der Waals surface area contributed by atoms with Gasteiger partial charge in [0.15, 0.2) is 6.10 Å². The van der Waals surface area contributed by atoms with Crippen LogP contribution in [0.3, 0.4) is 0 Å². The standard InChI is InChI=1S/C14H20O3/c1-3-16-14(15)12(2)17-11-7-10-13-8-5-4-6-9-13/h4-6,8-9,12H,3,7,10-11H2,1-2H3/t12-/m1/s1. The molecule has 94 valence electrons. The van der Waals surface area contributed by atoms with E-state index in [1.807, 2.05) is 18.2 Å². The van der Waals surface area contributed by atoms with Crippen LogP contribution >= 0.6 is 0 Å². The molecule has 0 saturated heterocycles. The molecule has 1 aromatic carbocycles. The van der Waals surface area contributed by atoms with Gasteiger partial charge in [0, 0.05) is 6.61 Å². The first kappa shape index (κ1) is 13.7. The Morgan fingerprint density at radius 2 is 2.00 bits per heavy atom. The van der Waals surface area contributed by atoms with E-state index in [2.05, 4.69) is 12.1 Å². The normalized spacial score (nSPS) is 12.1. The summed E-state index contributed by atoms with van der Waals surface area (Å²) in [7, 11) is 0. The Morgan fingerprint density at radius 3 is 2.65 bits per heavy atom. The van der Waals surface area contributed by atoms with E-state index in [0.717, 1.165) is 12.8 Å². The van der Waals surface area contributed by atoms with Crippen molar-refractivity contribution >= 4 is 5.97 Å². The number of carbonyl (C=O) groups is 1. The first-order valence-electron chi connectivity index (χ1n) is 6.06. The van der Waals surface area contributed by atoms with Crippen molar-refractivity contribution in [3.8, 4) is 0 Å². The zero-order valence-corrected chi connectivity index (χ0v) is 10.5. The van der Waals surface area contributed by atoms with Crippen LogP contribution in [0.15, 0.2) is 30.3 Å². The average molecular weight is 236 g/mol. The summed E-state index contributed by atoms with van der Waals surface area (Å²) in [6.07, 6.45) is 1.41. The molecule has 0 unspecified atom stereocenters. The lowest BCUT2D eigenvalue weighted by Gasteiger charge is -2.11. The Balaban J connectivity index is 2.14. The average Bonchev–Trinajstić information content (AvgIpc) is 2.36. The third-order valence-corrected chi connectivity index (χ3v) is 2.44. The summed E-state index contributed by atoms with van der Waals surface area (Å²) < 4.78 is 10.3. The minimum atomic E-state index is -0.467. The van der Waals surface area contributed by atoms with Crippen LogP contribution in [-0.4, -0.2) is 25.3 Å². The number of ether oxygens (including phenoxy) is 2. The summed E-state index contributed by atoms with van der Waals surface area (Å²) in [5.74, 6) is -0.285. The summed E-state index contributed by atoms with van der Waals surface area (Å²) in [6, 6.07) is 10.2. The molecule has 0 amide bonds. The van der Waals surface area contributed by atoms with Crippen LogP contribution in [0.4, 0.5) is 0 Å². The van der Waals surface area contributed by atoms with Gasteiger partial charge in [-0.1, -0.05) is 30.3 Å². The van der Waals surface area contributed by atoms with Gasteiger partial charge < -0.3 is 9.47 Å². The van der Waals surface area contributed by atoms with Gasteiger partial charge >= 0.3 is 5.97 Å². The van der Waals surface area contributed by atoms with Gasteiger partial charge in [-0.3, -0.25) is 0 Å². The SMILES string of the molecule is CCOC(=O)[C@@H](C)OCCCc1ccccc1. The van der Waals surface area contributed by atoms with Gasteiger partial charge in [0.1, 0.15) is 0 Å². The van der Waals surface area contributed by atoms with Crippen molar-refractivity contribution in [2.75, 3.05) is 13.2 Å². The first-order chi connectivity index (χ1) is 8.24. The van der Waals surface area contributed by atoms with E-state index < -0.39 is 6.10 Å². The van der Waals surface area contributed by atoms with E-state index in [1.54, 1.807) is 13.8 Å². The molecule has 1 aromatic rings. The van der Waals surface area contributed by atoms with E-state index >= 15 is 0 Å². The lowest BCUT2D eigenvalue weighted by atomic mass is 10.1. The highest BCUT2D eigenvalue weighted by Gasteiger charge is 2.13. The van der Waals surface area contributed by atoms with Gasteiger partial charge in [-0.15, -0.1) is 0 Å². The van der Waals surface area contributed by atoms with Gasteiger partial charge in [0.25, 0.3) is 0 Å². The maximum Gasteiger partial charge on any atom is 0.334 e. The molecule has 0 fully saturated rings. The Morgan fingerprint density at radius 1 is 1.29 bits per heavy atom. The van der Waals surface area contributed by atoms with Crippen LogP contribution in [0.1, 0.15) is 25.8 Å². The molecular formula is C14H20O3. The second-order valence-electron chi connectivity index (χ2n) is 3.85. The molecule has 0 aliphatic carbocycles. The third-order valence-electron chi connectivity index (χ3n) is 2.44. The topological polar surface area (TPSA) is 35.5 Å². The van der Waals surface area contributed by atoms with E-state index in [4.69, 9.17) is 9.47 Å². The molecule has 0 aliphatic heterocycles. The Bertz CT molecular complexity index is 321. The molecule has 0 spiro atoms. The van der Waals surface area contributed by atoms with Crippen molar-refractivity contribution in [3.05, 3.63) is 35.9 Å². The van der Waals surface area contributed by atoms with Crippen molar-refractivity contribution in [3.63, 3.8) is 0 Å². The molecule has 3 heteroatoms. The highest BCUT2D eigenvalue weighted by Crippen LogP contribution is 2.03. The second kappa shape index (κ2) is 7.85. The molecule has 0 N–H and O–H groups in total. The summed E-state index contributed by atoms with van der Waals surface area (Å²) >= 11 is 0. The number of hydrogen-bond acceptors (Lipinski definition) is 3. The van der Waals surface area contributed by atoms with Gasteiger partial charge in [0.2, 0.25) is 0 Å². The molecule has 1 rings (SSSR count). The fourth-order valence-electron chi connectivity index (χ4n) is 1.51. The lowest BCUT2D eigenvalue weighted by molar-refractivity contribution is -0.155. The van der Waals surface area contributed by atoms with E-state index in [0.29, 0.717) is 13.2 Å². The van der Waals surface area contributed by atoms with Crippen molar-refractivity contribution in [1.82, 2.24) is 0 Å². The number of rotatable bonds is 7. The quantitative estimate of drug-likeness (QED) is 0.539. The molecule has 0 heterocycles. The van der Waals surface area contributed by atoms with Crippen LogP contribution in [0.2, 0.25) is 0 Å². The summed E-state index contributed by atoms with van der Waals surface area (Å²) in [5, 5.41) is 0. The molecule has 0 bridgehead atoms. The molecule has 0 aromatic heterocycles. The predicted molar refractivity (Wildman–Crippen MR) is 66.8 cm³/mol. The van der Waals surface area contributed by atoms with Crippen molar-refractivity contribution in [1.29, 1.82) is 0 Å². The van der Waals surface area contributed by atoms with Crippen LogP contribution in [-0.2, 0) is 20.7 Å². The molecule has 0 aliphatic rings. The van der Waals surface area contributed by atoms with E-state index in [9.17, 15) is 4.79 Å². The van der Waals surface area contributed by atoms with Gasteiger partial charge in [-0.25, -0.2) is 4.79 Å². The molecular weight excluding hydrogens is 216 g/mol. The van der Waals surface area contributed by atoms with Crippen molar-refractivity contribution < 1.29 is 14.3 Å². The maximum absolute atomic E-state index is 11.3. The minimum absolute atomic E-state index is 0.285. The molecule has 0 radical (unpaired) electrons. The fraction of sp³-hybridized carbons (Fsp3) is 0.500. The Kier molecular flexibility index (Phi) is 6.33. The second-order valence-corrected chi connectivity index (χ2v) is 3.85. The fourth-order valence-corrected chi connectivity index (χ4v) is 1.51. The lowest BCUT2D eigenvalue weighted by Crippen LogP contribution is -2.23. The van der Waals surface area contributed by atoms with Gasteiger partial charge in [-0.2, -0.15) is 0 Å². The highest BCUT2D eigenvalue weighted by molar-refractivity contribution is 5.74. The Labute approximate surface area is 103 Å². The molecule has 0 saturated carbocycles. The molecule has 1 atom stereocenters. The van der Waals surface area contributed by atoms with Crippen LogP contribution in [0, 0.1) is 0 Å². The van der Waals surface area contributed by atoms with Gasteiger partial charge in [0.05, 0.1) is 6.61 Å². The number of hydrogen-bond donors (Lipinski definition) is 0. The minimum Gasteiger partial charge on any atom is -0.464 e. The van der Waals surface area contributed by atoms with Crippen LogP contribution in [0.25, 0.3) is 0 Å². The number of carbonyl (C=O) groups excluding carboxylic acids is 1. The summed E-state index contributed by atoms with van der Waals surface area (Å²) in [6.45, 7) is 4.49. The molecule has 17 heavy (non-hydrogen) atoms. The summed E-state index contributed by atoms with van der Waals surface area (Å²) in [5.41, 5.74) is 1.29. The first-order valence-corrected chi connectivity index (χ1v) is 6.06. The van der Waals surface area contributed by atoms with Gasteiger partial charge in [-0.05, 0) is 32.3 Å². The zero-order chi connectivity index (χ0) is 12.5.